The van der Waals surface area contributed by atoms with Crippen molar-refractivity contribution >= 4 is 5.97 Å². The lowest BCUT2D eigenvalue weighted by Crippen LogP contribution is -2.34. The third kappa shape index (κ3) is 3.49. The summed E-state index contributed by atoms with van der Waals surface area (Å²) in [5, 5.41) is 9.30. The van der Waals surface area contributed by atoms with Crippen LogP contribution in [0.5, 0.6) is 0 Å². The number of hydrogen-bond acceptors (Lipinski definition) is 2. The molecule has 0 saturated heterocycles. The smallest absolute Gasteiger partial charge is 0.309 e. The summed E-state index contributed by atoms with van der Waals surface area (Å²) in [6.07, 6.45) is 5.79. The molecule has 0 aromatic rings. The van der Waals surface area contributed by atoms with Gasteiger partial charge in [-0.05, 0) is 33.1 Å². The third-order valence-corrected chi connectivity index (χ3v) is 3.30. The van der Waals surface area contributed by atoms with Gasteiger partial charge in [0, 0.05) is 6.61 Å². The first-order valence-corrected chi connectivity index (χ1v) is 5.92. The van der Waals surface area contributed by atoms with E-state index in [1.54, 1.807) is 0 Å². The topological polar surface area (TPSA) is 46.5 Å². The fraction of sp³-hybridized carbons (Fsp3) is 0.917. The second kappa shape index (κ2) is 5.50. The van der Waals surface area contributed by atoms with Crippen LogP contribution in [0.1, 0.15) is 52.4 Å². The predicted molar refractivity (Wildman–Crippen MR) is 58.9 cm³/mol. The Bertz CT molecular complexity index is 205. The molecule has 1 N–H and O–H groups in total. The Kier molecular flexibility index (Phi) is 4.58. The summed E-state index contributed by atoms with van der Waals surface area (Å²) >= 11 is 0. The Morgan fingerprint density at radius 2 is 1.93 bits per heavy atom. The Balaban J connectivity index is 2.46. The van der Waals surface area contributed by atoms with Crippen molar-refractivity contribution in [1.29, 1.82) is 0 Å². The maximum atomic E-state index is 11.3. The number of carboxylic acid groups (broad SMARTS) is 1. The molecule has 1 saturated carbocycles. The maximum Gasteiger partial charge on any atom is 0.309 e. The van der Waals surface area contributed by atoms with E-state index in [4.69, 9.17) is 4.74 Å². The molecule has 1 aliphatic carbocycles. The molecule has 0 radical (unpaired) electrons. The number of rotatable bonds is 5. The molecule has 0 aliphatic heterocycles. The van der Waals surface area contributed by atoms with Crippen LogP contribution in [0.2, 0.25) is 0 Å². The van der Waals surface area contributed by atoms with E-state index in [1.165, 1.54) is 6.42 Å². The van der Waals surface area contributed by atoms with Gasteiger partial charge in [0.05, 0.1) is 11.5 Å². The monoisotopic (exact) mass is 214 g/mol. The van der Waals surface area contributed by atoms with Crippen molar-refractivity contribution in [3.8, 4) is 0 Å². The zero-order chi connectivity index (χ0) is 11.3. The Morgan fingerprint density at radius 3 is 2.40 bits per heavy atom. The molecule has 0 aromatic heterocycles. The summed E-state index contributed by atoms with van der Waals surface area (Å²) in [7, 11) is 0. The minimum absolute atomic E-state index is 0.194. The Labute approximate surface area is 91.8 Å². The fourth-order valence-corrected chi connectivity index (χ4v) is 2.29. The van der Waals surface area contributed by atoms with Crippen LogP contribution in [-0.4, -0.2) is 23.8 Å². The summed E-state index contributed by atoms with van der Waals surface area (Å²) in [6.45, 7) is 4.53. The van der Waals surface area contributed by atoms with Gasteiger partial charge in [-0.15, -0.1) is 0 Å². The second-order valence-electron chi connectivity index (χ2n) is 4.82. The van der Waals surface area contributed by atoms with Crippen LogP contribution in [0.15, 0.2) is 0 Å². The van der Waals surface area contributed by atoms with Crippen molar-refractivity contribution in [2.24, 2.45) is 5.41 Å². The van der Waals surface area contributed by atoms with Gasteiger partial charge in [-0.3, -0.25) is 4.79 Å². The van der Waals surface area contributed by atoms with E-state index in [9.17, 15) is 9.90 Å². The SMILES string of the molecule is CC(C)OCCC1(C(=O)O)CCCCC1. The van der Waals surface area contributed by atoms with Gasteiger partial charge in [0.25, 0.3) is 0 Å². The molecule has 0 aromatic carbocycles. The van der Waals surface area contributed by atoms with Crippen molar-refractivity contribution in [3.63, 3.8) is 0 Å². The molecule has 0 spiro atoms. The van der Waals surface area contributed by atoms with Crippen LogP contribution in [0.4, 0.5) is 0 Å². The van der Waals surface area contributed by atoms with Gasteiger partial charge in [-0.1, -0.05) is 19.3 Å². The van der Waals surface area contributed by atoms with Crippen LogP contribution in [-0.2, 0) is 9.53 Å². The molecule has 0 amide bonds. The zero-order valence-corrected chi connectivity index (χ0v) is 9.79. The molecule has 1 fully saturated rings. The van der Waals surface area contributed by atoms with E-state index < -0.39 is 11.4 Å². The number of aliphatic carboxylic acids is 1. The molecule has 1 aliphatic rings. The molecule has 3 heteroatoms. The molecule has 0 atom stereocenters. The number of ether oxygens (including phenoxy) is 1. The average molecular weight is 214 g/mol. The van der Waals surface area contributed by atoms with E-state index in [1.807, 2.05) is 13.8 Å². The van der Waals surface area contributed by atoms with E-state index in [-0.39, 0.29) is 6.10 Å². The highest BCUT2D eigenvalue weighted by atomic mass is 16.5. The fourth-order valence-electron chi connectivity index (χ4n) is 2.29. The lowest BCUT2D eigenvalue weighted by molar-refractivity contribution is -0.152. The number of carboxylic acids is 1. The maximum absolute atomic E-state index is 11.3. The van der Waals surface area contributed by atoms with E-state index in [0.717, 1.165) is 25.7 Å². The van der Waals surface area contributed by atoms with E-state index >= 15 is 0 Å². The lowest BCUT2D eigenvalue weighted by Gasteiger charge is -2.33. The lowest BCUT2D eigenvalue weighted by atomic mass is 9.72. The molecule has 88 valence electrons. The van der Waals surface area contributed by atoms with Gasteiger partial charge in [0.2, 0.25) is 0 Å². The normalized spacial score (nSPS) is 20.5. The van der Waals surface area contributed by atoms with Crippen LogP contribution >= 0.6 is 0 Å². The Morgan fingerprint density at radius 1 is 1.33 bits per heavy atom. The minimum atomic E-state index is -0.630. The largest absolute Gasteiger partial charge is 0.481 e. The Hall–Kier alpha value is -0.570. The summed E-state index contributed by atoms with van der Waals surface area (Å²) in [5.41, 5.74) is -0.493. The predicted octanol–water partition coefficient (Wildman–Crippen LogP) is 2.84. The van der Waals surface area contributed by atoms with Crippen LogP contribution in [0.3, 0.4) is 0 Å². The highest BCUT2D eigenvalue weighted by Crippen LogP contribution is 2.39. The highest BCUT2D eigenvalue weighted by molar-refractivity contribution is 5.74. The molecule has 3 nitrogen and oxygen atoms in total. The van der Waals surface area contributed by atoms with E-state index in [0.29, 0.717) is 13.0 Å². The van der Waals surface area contributed by atoms with Crippen LogP contribution in [0, 0.1) is 5.41 Å². The van der Waals surface area contributed by atoms with Gasteiger partial charge in [0.15, 0.2) is 0 Å². The first-order chi connectivity index (χ1) is 7.07. The van der Waals surface area contributed by atoms with Crippen molar-refractivity contribution in [1.82, 2.24) is 0 Å². The van der Waals surface area contributed by atoms with Crippen LogP contribution < -0.4 is 0 Å². The average Bonchev–Trinajstić information content (AvgIpc) is 2.18. The molecule has 1 rings (SSSR count). The number of hydrogen-bond donors (Lipinski definition) is 1. The second-order valence-corrected chi connectivity index (χ2v) is 4.82. The van der Waals surface area contributed by atoms with E-state index in [2.05, 4.69) is 0 Å². The first kappa shape index (κ1) is 12.5. The molecular weight excluding hydrogens is 192 g/mol. The van der Waals surface area contributed by atoms with Gasteiger partial charge in [-0.2, -0.15) is 0 Å². The van der Waals surface area contributed by atoms with Crippen molar-refractivity contribution in [3.05, 3.63) is 0 Å². The summed E-state index contributed by atoms with van der Waals surface area (Å²) < 4.78 is 5.46. The van der Waals surface area contributed by atoms with Crippen LogP contribution in [0.25, 0.3) is 0 Å². The van der Waals surface area contributed by atoms with Gasteiger partial charge in [0.1, 0.15) is 0 Å². The van der Waals surface area contributed by atoms with Crippen molar-refractivity contribution in [2.45, 2.75) is 58.5 Å². The summed E-state index contributed by atoms with van der Waals surface area (Å²) in [4.78, 5) is 11.3. The molecule has 0 heterocycles. The first-order valence-electron chi connectivity index (χ1n) is 5.92. The van der Waals surface area contributed by atoms with Gasteiger partial charge in [-0.25, -0.2) is 0 Å². The number of carbonyl (C=O) groups is 1. The molecule has 0 bridgehead atoms. The van der Waals surface area contributed by atoms with Crippen molar-refractivity contribution < 1.29 is 14.6 Å². The molecule has 15 heavy (non-hydrogen) atoms. The zero-order valence-electron chi connectivity index (χ0n) is 9.79. The van der Waals surface area contributed by atoms with Gasteiger partial charge >= 0.3 is 5.97 Å². The summed E-state index contributed by atoms with van der Waals surface area (Å²) in [6, 6.07) is 0. The van der Waals surface area contributed by atoms with Gasteiger partial charge < -0.3 is 9.84 Å². The standard InChI is InChI=1S/C12H22O3/c1-10(2)15-9-8-12(11(13)14)6-4-3-5-7-12/h10H,3-9H2,1-2H3,(H,13,14). The third-order valence-electron chi connectivity index (χ3n) is 3.30. The molecular formula is C12H22O3. The minimum Gasteiger partial charge on any atom is -0.481 e. The quantitative estimate of drug-likeness (QED) is 0.765. The highest BCUT2D eigenvalue weighted by Gasteiger charge is 2.39. The summed E-state index contributed by atoms with van der Waals surface area (Å²) in [5.74, 6) is -0.630. The van der Waals surface area contributed by atoms with Crippen molar-refractivity contribution in [2.75, 3.05) is 6.61 Å². The molecule has 0 unspecified atom stereocenters.